The minimum Gasteiger partial charge on any atom is -0.444 e. The number of rotatable bonds is 4. The van der Waals surface area contributed by atoms with E-state index in [4.69, 9.17) is 4.42 Å². The molecule has 0 amide bonds. The van der Waals surface area contributed by atoms with Gasteiger partial charge in [-0.15, -0.1) is 0 Å². The number of hydrogen-bond donors (Lipinski definition) is 1. The number of likely N-dealkylation sites (tertiary alicyclic amines) is 1. The van der Waals surface area contributed by atoms with Crippen LogP contribution in [0, 0.1) is 11.6 Å². The van der Waals surface area contributed by atoms with Crippen LogP contribution in [-0.4, -0.2) is 33.2 Å². The summed E-state index contributed by atoms with van der Waals surface area (Å²) in [5.74, 6) is -1.56. The quantitative estimate of drug-likeness (QED) is 0.938. The van der Waals surface area contributed by atoms with E-state index in [-0.39, 0.29) is 11.9 Å². The second-order valence-corrected chi connectivity index (χ2v) is 6.56. The van der Waals surface area contributed by atoms with Crippen molar-refractivity contribution in [3.8, 4) is 11.5 Å². The molecule has 124 valence electrons. The molecule has 1 aromatic heterocycles. The summed E-state index contributed by atoms with van der Waals surface area (Å²) in [5.41, 5.74) is 0.333. The molecule has 2 aromatic rings. The van der Waals surface area contributed by atoms with Gasteiger partial charge in [0.25, 0.3) is 0 Å². The van der Waals surface area contributed by atoms with Crippen LogP contribution in [0.3, 0.4) is 0 Å². The van der Waals surface area contributed by atoms with Gasteiger partial charge in [-0.1, -0.05) is 0 Å². The van der Waals surface area contributed by atoms with E-state index in [0.29, 0.717) is 17.8 Å². The molecule has 4 nitrogen and oxygen atoms in total. The molecule has 0 spiro atoms. The average molecular weight is 322 g/mol. The summed E-state index contributed by atoms with van der Waals surface area (Å²) >= 11 is 0. The van der Waals surface area contributed by atoms with E-state index in [1.54, 1.807) is 0 Å². The van der Waals surface area contributed by atoms with E-state index in [1.165, 1.54) is 12.3 Å². The number of oxazole rings is 1. The van der Waals surface area contributed by atoms with Gasteiger partial charge in [0, 0.05) is 18.2 Å². The Morgan fingerprint density at radius 2 is 2.13 bits per heavy atom. The molecule has 3 rings (SSSR count). The van der Waals surface area contributed by atoms with Gasteiger partial charge in [0.15, 0.2) is 11.6 Å². The van der Waals surface area contributed by atoms with Gasteiger partial charge in [0.05, 0.1) is 11.3 Å². The van der Waals surface area contributed by atoms with Crippen LogP contribution in [0.1, 0.15) is 32.4 Å². The number of aromatic nitrogens is 1. The zero-order chi connectivity index (χ0) is 16.6. The van der Waals surface area contributed by atoms with Gasteiger partial charge in [-0.3, -0.25) is 4.90 Å². The number of nitrogens with zero attached hydrogens (tertiary/aromatic N) is 2. The van der Waals surface area contributed by atoms with Gasteiger partial charge < -0.3 is 9.52 Å². The van der Waals surface area contributed by atoms with Crippen LogP contribution in [-0.2, 0) is 6.54 Å². The molecule has 23 heavy (non-hydrogen) atoms. The predicted octanol–water partition coefficient (Wildman–Crippen LogP) is 3.36. The topological polar surface area (TPSA) is 49.5 Å². The van der Waals surface area contributed by atoms with E-state index in [1.807, 2.05) is 13.8 Å². The fourth-order valence-electron chi connectivity index (χ4n) is 3.16. The predicted molar refractivity (Wildman–Crippen MR) is 81.6 cm³/mol. The maximum absolute atomic E-state index is 13.3. The Morgan fingerprint density at radius 3 is 2.83 bits per heavy atom. The third kappa shape index (κ3) is 3.43. The molecule has 0 saturated carbocycles. The number of benzene rings is 1. The van der Waals surface area contributed by atoms with Gasteiger partial charge >= 0.3 is 0 Å². The molecular formula is C17H20F2N2O2. The van der Waals surface area contributed by atoms with Crippen molar-refractivity contribution in [2.45, 2.75) is 44.9 Å². The molecule has 0 aliphatic carbocycles. The SMILES string of the molecule is CC(C)(O)C1CCCN1Cc1coc(-c2ccc(F)c(F)c2)n1. The van der Waals surface area contributed by atoms with Crippen LogP contribution in [0.5, 0.6) is 0 Å². The van der Waals surface area contributed by atoms with E-state index in [0.717, 1.165) is 31.5 Å². The molecule has 1 atom stereocenters. The monoisotopic (exact) mass is 322 g/mol. The standard InChI is InChI=1S/C17H20F2N2O2/c1-17(2,22)15-4-3-7-21(15)9-12-10-23-16(20-12)11-5-6-13(18)14(19)8-11/h5-6,8,10,15,22H,3-4,7,9H2,1-2H3. The Labute approximate surface area is 133 Å². The molecule has 1 N–H and O–H groups in total. The van der Waals surface area contributed by atoms with Gasteiger partial charge in [-0.05, 0) is 51.4 Å². The Kier molecular flexibility index (Phi) is 4.21. The largest absolute Gasteiger partial charge is 0.444 e. The van der Waals surface area contributed by atoms with Crippen LogP contribution >= 0.6 is 0 Å². The summed E-state index contributed by atoms with van der Waals surface area (Å²) in [6, 6.07) is 3.63. The molecule has 6 heteroatoms. The fraction of sp³-hybridized carbons (Fsp3) is 0.471. The summed E-state index contributed by atoms with van der Waals surface area (Å²) in [6.07, 6.45) is 3.50. The third-order valence-electron chi connectivity index (χ3n) is 4.26. The van der Waals surface area contributed by atoms with E-state index >= 15 is 0 Å². The van der Waals surface area contributed by atoms with Crippen molar-refractivity contribution < 1.29 is 18.3 Å². The van der Waals surface area contributed by atoms with Crippen molar-refractivity contribution >= 4 is 0 Å². The smallest absolute Gasteiger partial charge is 0.226 e. The average Bonchev–Trinajstić information content (AvgIpc) is 3.11. The molecular weight excluding hydrogens is 302 g/mol. The van der Waals surface area contributed by atoms with Crippen LogP contribution in [0.4, 0.5) is 8.78 Å². The highest BCUT2D eigenvalue weighted by molar-refractivity contribution is 5.53. The minimum absolute atomic E-state index is 0.0749. The van der Waals surface area contributed by atoms with Gasteiger partial charge in [0.2, 0.25) is 5.89 Å². The molecule has 0 radical (unpaired) electrons. The first-order valence-corrected chi connectivity index (χ1v) is 7.71. The Bertz CT molecular complexity index is 694. The van der Waals surface area contributed by atoms with Crippen molar-refractivity contribution in [2.75, 3.05) is 6.54 Å². The molecule has 1 unspecified atom stereocenters. The van der Waals surface area contributed by atoms with Crippen molar-refractivity contribution in [1.82, 2.24) is 9.88 Å². The number of aliphatic hydroxyl groups is 1. The highest BCUT2D eigenvalue weighted by Crippen LogP contribution is 2.29. The lowest BCUT2D eigenvalue weighted by Gasteiger charge is -2.33. The summed E-state index contributed by atoms with van der Waals surface area (Å²) in [4.78, 5) is 6.53. The van der Waals surface area contributed by atoms with Gasteiger partial charge in [-0.2, -0.15) is 0 Å². The normalized spacial score (nSPS) is 19.4. The lowest BCUT2D eigenvalue weighted by Crippen LogP contribution is -2.45. The number of halogens is 2. The van der Waals surface area contributed by atoms with Gasteiger partial charge in [-0.25, -0.2) is 13.8 Å². The van der Waals surface area contributed by atoms with Crippen molar-refractivity contribution in [2.24, 2.45) is 0 Å². The Hall–Kier alpha value is -1.79. The first-order chi connectivity index (χ1) is 10.8. The summed E-state index contributed by atoms with van der Waals surface area (Å²) in [6.45, 7) is 5.07. The molecule has 1 fully saturated rings. The lowest BCUT2D eigenvalue weighted by molar-refractivity contribution is -0.00537. The maximum atomic E-state index is 13.3. The van der Waals surface area contributed by atoms with Gasteiger partial charge in [0.1, 0.15) is 6.26 Å². The van der Waals surface area contributed by atoms with E-state index < -0.39 is 17.2 Å². The molecule has 0 bridgehead atoms. The van der Waals surface area contributed by atoms with Crippen molar-refractivity contribution in [3.05, 3.63) is 41.8 Å². The molecule has 1 aliphatic heterocycles. The first kappa shape index (κ1) is 16.1. The van der Waals surface area contributed by atoms with Crippen molar-refractivity contribution in [3.63, 3.8) is 0 Å². The molecule has 1 aliphatic rings. The molecule has 1 aromatic carbocycles. The first-order valence-electron chi connectivity index (χ1n) is 7.71. The van der Waals surface area contributed by atoms with E-state index in [9.17, 15) is 13.9 Å². The summed E-state index contributed by atoms with van der Waals surface area (Å²) in [5, 5.41) is 10.2. The second kappa shape index (κ2) is 6.02. The molecule has 2 heterocycles. The zero-order valence-corrected chi connectivity index (χ0v) is 13.2. The molecule has 1 saturated heterocycles. The Morgan fingerprint density at radius 1 is 1.35 bits per heavy atom. The summed E-state index contributed by atoms with van der Waals surface area (Å²) < 4.78 is 31.7. The second-order valence-electron chi connectivity index (χ2n) is 6.56. The van der Waals surface area contributed by atoms with E-state index in [2.05, 4.69) is 9.88 Å². The fourth-order valence-corrected chi connectivity index (χ4v) is 3.16. The van der Waals surface area contributed by atoms with Crippen LogP contribution in [0.2, 0.25) is 0 Å². The lowest BCUT2D eigenvalue weighted by atomic mass is 9.96. The maximum Gasteiger partial charge on any atom is 0.226 e. The van der Waals surface area contributed by atoms with Crippen LogP contribution < -0.4 is 0 Å². The Balaban J connectivity index is 1.76. The number of hydrogen-bond acceptors (Lipinski definition) is 4. The highest BCUT2D eigenvalue weighted by Gasteiger charge is 2.36. The zero-order valence-electron chi connectivity index (χ0n) is 13.2. The third-order valence-corrected chi connectivity index (χ3v) is 4.26. The van der Waals surface area contributed by atoms with Crippen LogP contribution in [0.15, 0.2) is 28.9 Å². The summed E-state index contributed by atoms with van der Waals surface area (Å²) in [7, 11) is 0. The highest BCUT2D eigenvalue weighted by atomic mass is 19.2. The van der Waals surface area contributed by atoms with Crippen molar-refractivity contribution in [1.29, 1.82) is 0 Å². The van der Waals surface area contributed by atoms with Crippen LogP contribution in [0.25, 0.3) is 11.5 Å². The minimum atomic E-state index is -0.927.